The van der Waals surface area contributed by atoms with Gasteiger partial charge in [0.05, 0.1) is 18.9 Å². The predicted molar refractivity (Wildman–Crippen MR) is 117 cm³/mol. The summed E-state index contributed by atoms with van der Waals surface area (Å²) in [7, 11) is 1.54. The Labute approximate surface area is 176 Å². The molecule has 29 heavy (non-hydrogen) atoms. The third kappa shape index (κ3) is 4.75. The van der Waals surface area contributed by atoms with Gasteiger partial charge in [0.25, 0.3) is 5.91 Å². The first kappa shape index (κ1) is 20.4. The molecule has 2 N–H and O–H groups in total. The number of fused-ring (bicyclic) bond motifs is 1. The molecule has 3 rings (SSSR count). The summed E-state index contributed by atoms with van der Waals surface area (Å²) in [6.07, 6.45) is 3.11. The van der Waals surface area contributed by atoms with Crippen LogP contribution in [0.1, 0.15) is 15.9 Å². The van der Waals surface area contributed by atoms with Crippen LogP contribution in [0, 0.1) is 0 Å². The Hall–Kier alpha value is -3.32. The summed E-state index contributed by atoms with van der Waals surface area (Å²) < 4.78 is 11.6. The lowest BCUT2D eigenvalue weighted by molar-refractivity contribution is 0.0952. The highest BCUT2D eigenvalue weighted by Crippen LogP contribution is 2.33. The lowest BCUT2D eigenvalue weighted by Gasteiger charge is -2.11. The first-order chi connectivity index (χ1) is 14.0. The monoisotopic (exact) mass is 454 g/mol. The molecule has 148 valence electrons. The Morgan fingerprint density at radius 1 is 1.21 bits per heavy atom. The Morgan fingerprint density at radius 2 is 1.93 bits per heavy atom. The number of hydrazone groups is 1. The number of carbonyl (C=O) groups excluding carboxylic acids is 1. The quantitative estimate of drug-likeness (QED) is 0.309. The van der Waals surface area contributed by atoms with Crippen molar-refractivity contribution >= 4 is 38.8 Å². The Morgan fingerprint density at radius 3 is 2.62 bits per heavy atom. The molecule has 6 nitrogen and oxygen atoms in total. The summed E-state index contributed by atoms with van der Waals surface area (Å²) in [6, 6.07) is 14.1. The van der Waals surface area contributed by atoms with E-state index in [9.17, 15) is 9.90 Å². The van der Waals surface area contributed by atoms with E-state index in [-0.39, 0.29) is 11.3 Å². The van der Waals surface area contributed by atoms with Gasteiger partial charge in [-0.3, -0.25) is 4.79 Å². The highest BCUT2D eigenvalue weighted by molar-refractivity contribution is 9.10. The summed E-state index contributed by atoms with van der Waals surface area (Å²) in [6.45, 7) is 3.97. The lowest BCUT2D eigenvalue weighted by Crippen LogP contribution is -2.17. The molecule has 0 radical (unpaired) electrons. The molecule has 0 aliphatic rings. The molecule has 0 unspecified atom stereocenters. The van der Waals surface area contributed by atoms with Crippen LogP contribution in [-0.4, -0.2) is 30.9 Å². The molecule has 1 amide bonds. The Kier molecular flexibility index (Phi) is 6.51. The first-order valence-corrected chi connectivity index (χ1v) is 9.49. The van der Waals surface area contributed by atoms with Crippen LogP contribution in [0.25, 0.3) is 10.8 Å². The maximum Gasteiger partial charge on any atom is 0.275 e. The summed E-state index contributed by atoms with van der Waals surface area (Å²) in [4.78, 5) is 12.4. The second kappa shape index (κ2) is 9.25. The van der Waals surface area contributed by atoms with Crippen molar-refractivity contribution in [2.75, 3.05) is 13.7 Å². The van der Waals surface area contributed by atoms with Crippen molar-refractivity contribution in [3.05, 3.63) is 76.8 Å². The maximum atomic E-state index is 12.4. The van der Waals surface area contributed by atoms with Crippen LogP contribution in [0.15, 0.2) is 70.8 Å². The average molecular weight is 455 g/mol. The number of hydrogen-bond acceptors (Lipinski definition) is 5. The predicted octanol–water partition coefficient (Wildman–Crippen LogP) is 4.65. The molecule has 0 aliphatic heterocycles. The van der Waals surface area contributed by atoms with Crippen LogP contribution < -0.4 is 14.9 Å². The number of halogens is 1. The van der Waals surface area contributed by atoms with Gasteiger partial charge in [0.15, 0.2) is 11.5 Å². The van der Waals surface area contributed by atoms with Crippen molar-refractivity contribution in [3.8, 4) is 17.2 Å². The fourth-order valence-electron chi connectivity index (χ4n) is 2.70. The molecule has 0 heterocycles. The SMILES string of the molecule is C=CCOc1cc(Br)c(C=NNC(=O)c2cc3ccccc3cc2O)cc1OC. The number of aromatic hydroxyl groups is 1. The van der Waals surface area contributed by atoms with Gasteiger partial charge in [-0.05, 0) is 51.0 Å². The number of nitrogens with zero attached hydrogens (tertiary/aromatic N) is 1. The van der Waals surface area contributed by atoms with Crippen molar-refractivity contribution in [2.45, 2.75) is 0 Å². The average Bonchev–Trinajstić information content (AvgIpc) is 2.72. The van der Waals surface area contributed by atoms with Crippen LogP contribution in [0.4, 0.5) is 0 Å². The van der Waals surface area contributed by atoms with Crippen molar-refractivity contribution in [3.63, 3.8) is 0 Å². The first-order valence-electron chi connectivity index (χ1n) is 8.70. The van der Waals surface area contributed by atoms with E-state index in [0.717, 1.165) is 10.8 Å². The fourth-order valence-corrected chi connectivity index (χ4v) is 3.13. The number of amides is 1. The van der Waals surface area contributed by atoms with Gasteiger partial charge >= 0.3 is 0 Å². The zero-order chi connectivity index (χ0) is 20.8. The van der Waals surface area contributed by atoms with Gasteiger partial charge in [0.2, 0.25) is 0 Å². The molecule has 0 atom stereocenters. The van der Waals surface area contributed by atoms with E-state index in [1.165, 1.54) is 13.3 Å². The number of benzene rings is 3. The number of hydrogen-bond donors (Lipinski definition) is 2. The topological polar surface area (TPSA) is 80.2 Å². The molecule has 3 aromatic carbocycles. The molecular formula is C22H19BrN2O4. The zero-order valence-corrected chi connectivity index (χ0v) is 17.3. The summed E-state index contributed by atoms with van der Waals surface area (Å²) >= 11 is 3.45. The van der Waals surface area contributed by atoms with E-state index in [1.807, 2.05) is 24.3 Å². The number of rotatable bonds is 7. The molecule has 3 aromatic rings. The van der Waals surface area contributed by atoms with Crippen LogP contribution in [0.3, 0.4) is 0 Å². The van der Waals surface area contributed by atoms with Gasteiger partial charge in [-0.1, -0.05) is 36.9 Å². The zero-order valence-electron chi connectivity index (χ0n) is 15.7. The van der Waals surface area contributed by atoms with Crippen molar-refractivity contribution in [1.82, 2.24) is 5.43 Å². The van der Waals surface area contributed by atoms with E-state index in [4.69, 9.17) is 9.47 Å². The van der Waals surface area contributed by atoms with Gasteiger partial charge in [-0.2, -0.15) is 5.10 Å². The molecule has 0 saturated carbocycles. The molecule has 0 spiro atoms. The normalized spacial score (nSPS) is 10.8. The van der Waals surface area contributed by atoms with E-state index in [0.29, 0.717) is 28.1 Å². The number of phenols is 1. The third-order valence-corrected chi connectivity index (χ3v) is 4.80. The Balaban J connectivity index is 1.78. The third-order valence-electron chi connectivity index (χ3n) is 4.12. The number of carbonyl (C=O) groups is 1. The number of nitrogens with one attached hydrogen (secondary N) is 1. The van der Waals surface area contributed by atoms with E-state index in [2.05, 4.69) is 33.0 Å². The lowest BCUT2D eigenvalue weighted by atomic mass is 10.1. The highest BCUT2D eigenvalue weighted by Gasteiger charge is 2.12. The molecule has 0 aromatic heterocycles. The smallest absolute Gasteiger partial charge is 0.275 e. The van der Waals surface area contributed by atoms with Crippen LogP contribution in [0.2, 0.25) is 0 Å². The fraction of sp³-hybridized carbons (Fsp3) is 0.0909. The minimum atomic E-state index is -0.515. The molecule has 7 heteroatoms. The highest BCUT2D eigenvalue weighted by atomic mass is 79.9. The van der Waals surface area contributed by atoms with Crippen LogP contribution in [0.5, 0.6) is 17.2 Å². The van der Waals surface area contributed by atoms with Crippen molar-refractivity contribution in [1.29, 1.82) is 0 Å². The molecule has 0 bridgehead atoms. The summed E-state index contributed by atoms with van der Waals surface area (Å²) in [5.41, 5.74) is 3.25. The number of ether oxygens (including phenoxy) is 2. The number of phenolic OH excluding ortho intramolecular Hbond substituents is 1. The van der Waals surface area contributed by atoms with E-state index < -0.39 is 5.91 Å². The second-order valence-electron chi connectivity index (χ2n) is 6.04. The summed E-state index contributed by atoms with van der Waals surface area (Å²) in [5.74, 6) is 0.457. The van der Waals surface area contributed by atoms with Gasteiger partial charge in [-0.25, -0.2) is 5.43 Å². The molecular weight excluding hydrogens is 436 g/mol. The van der Waals surface area contributed by atoms with Gasteiger partial charge < -0.3 is 14.6 Å². The van der Waals surface area contributed by atoms with Crippen LogP contribution in [-0.2, 0) is 0 Å². The van der Waals surface area contributed by atoms with Gasteiger partial charge in [0, 0.05) is 10.0 Å². The van der Waals surface area contributed by atoms with E-state index >= 15 is 0 Å². The standard InChI is InChI=1S/C22H19BrN2O4/c1-3-8-29-21-12-18(23)16(11-20(21)28-2)13-24-25-22(27)17-9-14-6-4-5-7-15(14)10-19(17)26/h3-7,9-13,26H,1,8H2,2H3,(H,25,27). The molecule has 0 fully saturated rings. The van der Waals surface area contributed by atoms with Gasteiger partial charge in [-0.15, -0.1) is 0 Å². The van der Waals surface area contributed by atoms with Crippen molar-refractivity contribution in [2.24, 2.45) is 5.10 Å². The number of methoxy groups -OCH3 is 1. The molecule has 0 aliphatic carbocycles. The van der Waals surface area contributed by atoms with Gasteiger partial charge in [0.1, 0.15) is 12.4 Å². The van der Waals surface area contributed by atoms with Crippen molar-refractivity contribution < 1.29 is 19.4 Å². The van der Waals surface area contributed by atoms with E-state index in [1.54, 1.807) is 30.3 Å². The largest absolute Gasteiger partial charge is 0.507 e. The maximum absolute atomic E-state index is 12.4. The summed E-state index contributed by atoms with van der Waals surface area (Å²) in [5, 5.41) is 15.8. The van der Waals surface area contributed by atoms with Crippen LogP contribution >= 0.6 is 15.9 Å². The second-order valence-corrected chi connectivity index (χ2v) is 6.89. The minimum Gasteiger partial charge on any atom is -0.507 e. The molecule has 0 saturated heterocycles. The Bertz CT molecular complexity index is 1100. The minimum absolute atomic E-state index is 0.108.